The second-order valence-corrected chi connectivity index (χ2v) is 4.63. The van der Waals surface area contributed by atoms with Crippen molar-refractivity contribution in [1.82, 2.24) is 5.32 Å². The zero-order valence-corrected chi connectivity index (χ0v) is 10.1. The molecule has 1 N–H and O–H groups in total. The van der Waals surface area contributed by atoms with Crippen molar-refractivity contribution in [3.63, 3.8) is 0 Å². The molecule has 0 bridgehead atoms. The molecule has 1 atom stereocenters. The molecule has 0 fully saturated rings. The van der Waals surface area contributed by atoms with Crippen LogP contribution in [0.1, 0.15) is 16.7 Å². The van der Waals surface area contributed by atoms with Crippen molar-refractivity contribution in [2.45, 2.75) is 12.0 Å². The van der Waals surface area contributed by atoms with E-state index >= 15 is 0 Å². The van der Waals surface area contributed by atoms with Crippen molar-refractivity contribution in [2.24, 2.45) is 0 Å². The maximum absolute atomic E-state index is 11.8. The maximum atomic E-state index is 11.8. The van der Waals surface area contributed by atoms with E-state index in [1.807, 2.05) is 48.5 Å². The Balaban J connectivity index is 2.23. The summed E-state index contributed by atoms with van der Waals surface area (Å²) in [6.45, 7) is 0.824. The van der Waals surface area contributed by atoms with E-state index in [1.54, 1.807) is 0 Å². The molecule has 2 aromatic carbocycles. The molecule has 90 valence electrons. The van der Waals surface area contributed by atoms with E-state index in [1.165, 1.54) is 5.56 Å². The van der Waals surface area contributed by atoms with Crippen LogP contribution in [0.5, 0.6) is 0 Å². The van der Waals surface area contributed by atoms with Crippen LogP contribution in [0.2, 0.25) is 0 Å². The number of aldehydes is 1. The van der Waals surface area contributed by atoms with Crippen molar-refractivity contribution in [3.8, 4) is 0 Å². The Morgan fingerprint density at radius 3 is 2.50 bits per heavy atom. The van der Waals surface area contributed by atoms with Crippen LogP contribution < -0.4 is 5.32 Å². The molecule has 2 aromatic rings. The molecule has 1 heterocycles. The highest BCUT2D eigenvalue weighted by atomic mass is 16.1. The molecule has 1 aliphatic heterocycles. The normalized spacial score (nSPS) is 22.2. The number of fused-ring (bicyclic) bond motifs is 1. The minimum absolute atomic E-state index is 0.684. The summed E-state index contributed by atoms with van der Waals surface area (Å²) in [5.74, 6) is 0. The number of benzene rings is 2. The fourth-order valence-electron chi connectivity index (χ4n) is 2.74. The third-order valence-electron chi connectivity index (χ3n) is 3.65. The molecule has 0 saturated heterocycles. The van der Waals surface area contributed by atoms with Gasteiger partial charge in [-0.15, -0.1) is 0 Å². The largest absolute Gasteiger partial charge is 0.301 e. The van der Waals surface area contributed by atoms with E-state index < -0.39 is 5.54 Å². The van der Waals surface area contributed by atoms with Gasteiger partial charge in [-0.05, 0) is 23.1 Å². The zero-order valence-electron chi connectivity index (χ0n) is 10.1. The quantitative estimate of drug-likeness (QED) is 0.812. The highest BCUT2D eigenvalue weighted by Crippen LogP contribution is 2.33. The minimum Gasteiger partial charge on any atom is -0.301 e. The van der Waals surface area contributed by atoms with Crippen molar-refractivity contribution < 1.29 is 4.79 Å². The van der Waals surface area contributed by atoms with Gasteiger partial charge in [0.2, 0.25) is 0 Å². The molecule has 1 aliphatic rings. The number of hydrogen-bond donors (Lipinski definition) is 1. The maximum Gasteiger partial charge on any atom is 0.149 e. The van der Waals surface area contributed by atoms with Crippen LogP contribution in [0.15, 0.2) is 54.6 Å². The number of nitrogens with one attached hydrogen (secondary N) is 1. The summed E-state index contributed by atoms with van der Waals surface area (Å²) >= 11 is 0. The number of rotatable bonds is 2. The molecule has 0 saturated carbocycles. The standard InChI is InChI=1S/C16H15NO/c18-12-16(14-7-2-1-3-8-14)15-9-5-4-6-13(15)10-11-17-16/h1-9,12,17H,10-11H2. The van der Waals surface area contributed by atoms with Gasteiger partial charge < -0.3 is 4.79 Å². The molecule has 3 rings (SSSR count). The molecule has 0 amide bonds. The van der Waals surface area contributed by atoms with E-state index in [9.17, 15) is 4.79 Å². The van der Waals surface area contributed by atoms with Gasteiger partial charge in [0, 0.05) is 6.54 Å². The van der Waals surface area contributed by atoms with E-state index in [-0.39, 0.29) is 0 Å². The lowest BCUT2D eigenvalue weighted by Crippen LogP contribution is -2.49. The van der Waals surface area contributed by atoms with Crippen molar-refractivity contribution >= 4 is 6.29 Å². The average Bonchev–Trinajstić information content (AvgIpc) is 2.47. The number of hydrogen-bond acceptors (Lipinski definition) is 2. The topological polar surface area (TPSA) is 29.1 Å². The Morgan fingerprint density at radius 1 is 1.00 bits per heavy atom. The van der Waals surface area contributed by atoms with Gasteiger partial charge in [-0.25, -0.2) is 0 Å². The smallest absolute Gasteiger partial charge is 0.149 e. The van der Waals surface area contributed by atoms with Crippen LogP contribution in [-0.2, 0) is 16.8 Å². The first kappa shape index (κ1) is 11.2. The summed E-state index contributed by atoms with van der Waals surface area (Å²) in [5, 5.41) is 3.39. The predicted octanol–water partition coefficient (Wildman–Crippen LogP) is 2.27. The van der Waals surface area contributed by atoms with Crippen LogP contribution in [-0.4, -0.2) is 12.8 Å². The highest BCUT2D eigenvalue weighted by molar-refractivity contribution is 5.75. The van der Waals surface area contributed by atoms with Crippen LogP contribution in [0.3, 0.4) is 0 Å². The van der Waals surface area contributed by atoms with Crippen LogP contribution in [0, 0.1) is 0 Å². The molecular formula is C16H15NO. The molecule has 0 radical (unpaired) electrons. The minimum atomic E-state index is -0.684. The zero-order chi connectivity index (χ0) is 12.4. The van der Waals surface area contributed by atoms with Gasteiger partial charge in [-0.1, -0.05) is 54.6 Å². The van der Waals surface area contributed by atoms with E-state index in [2.05, 4.69) is 11.4 Å². The van der Waals surface area contributed by atoms with Crippen molar-refractivity contribution in [1.29, 1.82) is 0 Å². The summed E-state index contributed by atoms with van der Waals surface area (Å²) in [4.78, 5) is 11.8. The third-order valence-corrected chi connectivity index (χ3v) is 3.65. The van der Waals surface area contributed by atoms with Crippen LogP contribution >= 0.6 is 0 Å². The van der Waals surface area contributed by atoms with Crippen LogP contribution in [0.4, 0.5) is 0 Å². The summed E-state index contributed by atoms with van der Waals surface area (Å²) in [6.07, 6.45) is 2.00. The van der Waals surface area contributed by atoms with Crippen molar-refractivity contribution in [3.05, 3.63) is 71.3 Å². The van der Waals surface area contributed by atoms with Gasteiger partial charge in [0.1, 0.15) is 11.8 Å². The Labute approximate surface area is 107 Å². The van der Waals surface area contributed by atoms with Crippen molar-refractivity contribution in [2.75, 3.05) is 6.54 Å². The van der Waals surface area contributed by atoms with Crippen LogP contribution in [0.25, 0.3) is 0 Å². The molecule has 0 aliphatic carbocycles. The van der Waals surface area contributed by atoms with E-state index in [0.717, 1.165) is 30.4 Å². The molecular weight excluding hydrogens is 222 g/mol. The lowest BCUT2D eigenvalue weighted by Gasteiger charge is -2.36. The fraction of sp³-hybridized carbons (Fsp3) is 0.188. The average molecular weight is 237 g/mol. The van der Waals surface area contributed by atoms with Gasteiger partial charge in [0.15, 0.2) is 0 Å². The Kier molecular flexibility index (Phi) is 2.73. The second kappa shape index (κ2) is 4.39. The lowest BCUT2D eigenvalue weighted by atomic mass is 9.78. The molecule has 18 heavy (non-hydrogen) atoms. The summed E-state index contributed by atoms with van der Waals surface area (Å²) < 4.78 is 0. The summed E-state index contributed by atoms with van der Waals surface area (Å²) in [7, 11) is 0. The Morgan fingerprint density at radius 2 is 1.72 bits per heavy atom. The predicted molar refractivity (Wildman–Crippen MR) is 71.4 cm³/mol. The van der Waals surface area contributed by atoms with Gasteiger partial charge >= 0.3 is 0 Å². The van der Waals surface area contributed by atoms with Gasteiger partial charge in [-0.2, -0.15) is 0 Å². The molecule has 1 unspecified atom stereocenters. The number of carbonyl (C=O) groups is 1. The summed E-state index contributed by atoms with van der Waals surface area (Å²) in [6, 6.07) is 18.1. The van der Waals surface area contributed by atoms with Gasteiger partial charge in [-0.3, -0.25) is 5.32 Å². The Bertz CT molecular complexity index is 564. The van der Waals surface area contributed by atoms with E-state index in [4.69, 9.17) is 0 Å². The first-order valence-electron chi connectivity index (χ1n) is 6.22. The van der Waals surface area contributed by atoms with Gasteiger partial charge in [0.05, 0.1) is 0 Å². The SMILES string of the molecule is O=CC1(c2ccccc2)NCCc2ccccc21. The molecule has 2 heteroatoms. The molecule has 2 nitrogen and oxygen atoms in total. The third kappa shape index (κ3) is 1.57. The summed E-state index contributed by atoms with van der Waals surface area (Å²) in [5.41, 5.74) is 2.66. The number of carbonyl (C=O) groups excluding carboxylic acids is 1. The van der Waals surface area contributed by atoms with E-state index in [0.29, 0.717) is 0 Å². The monoisotopic (exact) mass is 237 g/mol. The van der Waals surface area contributed by atoms with Gasteiger partial charge in [0.25, 0.3) is 0 Å². The second-order valence-electron chi connectivity index (χ2n) is 4.63. The first-order valence-corrected chi connectivity index (χ1v) is 6.22. The fourth-order valence-corrected chi connectivity index (χ4v) is 2.74. The highest BCUT2D eigenvalue weighted by Gasteiger charge is 2.37. The molecule has 0 spiro atoms. The Hall–Kier alpha value is -1.93. The molecule has 0 aromatic heterocycles. The first-order chi connectivity index (χ1) is 8.87. The lowest BCUT2D eigenvalue weighted by molar-refractivity contribution is -0.112.